The molecular weight excluding hydrogens is 258 g/mol. The summed E-state index contributed by atoms with van der Waals surface area (Å²) in [6.45, 7) is 7.51. The van der Waals surface area contributed by atoms with Crippen molar-refractivity contribution in [2.45, 2.75) is 45.8 Å². The van der Waals surface area contributed by atoms with E-state index in [-0.39, 0.29) is 0 Å². The molecule has 1 aromatic carbocycles. The Hall–Kier alpha value is -1.87. The largest absolute Gasteiger partial charge is 0.337 e. The van der Waals surface area contributed by atoms with Gasteiger partial charge in [-0.15, -0.1) is 0 Å². The Morgan fingerprint density at radius 2 is 2.05 bits per heavy atom. The van der Waals surface area contributed by atoms with Crippen molar-refractivity contribution in [1.29, 1.82) is 0 Å². The molecule has 1 unspecified atom stereocenters. The molecule has 0 spiro atoms. The maximum absolute atomic E-state index is 4.35. The Balaban J connectivity index is 1.97. The smallest absolute Gasteiger partial charge is 0.0645 e. The highest BCUT2D eigenvalue weighted by Crippen LogP contribution is 2.39. The Bertz CT molecular complexity index is 621. The molecule has 0 radical (unpaired) electrons. The molecule has 2 aromatic rings. The minimum atomic E-state index is 0.476. The number of hydrogen-bond acceptors (Lipinski definition) is 3. The highest BCUT2D eigenvalue weighted by molar-refractivity contribution is 5.72. The summed E-state index contributed by atoms with van der Waals surface area (Å²) in [6.07, 6.45) is 4.98. The third kappa shape index (κ3) is 2.79. The van der Waals surface area contributed by atoms with E-state index in [1.165, 1.54) is 22.5 Å². The molecule has 0 amide bonds. The first kappa shape index (κ1) is 14.1. The van der Waals surface area contributed by atoms with Crippen LogP contribution in [0.5, 0.6) is 0 Å². The molecule has 1 atom stereocenters. The van der Waals surface area contributed by atoms with Crippen LogP contribution in [-0.2, 0) is 13.0 Å². The van der Waals surface area contributed by atoms with Crippen molar-refractivity contribution in [1.82, 2.24) is 10.3 Å². The summed E-state index contributed by atoms with van der Waals surface area (Å²) in [7, 11) is 0. The second-order valence-electron chi connectivity index (χ2n) is 6.09. The Labute approximate surface area is 127 Å². The van der Waals surface area contributed by atoms with Gasteiger partial charge in [0.25, 0.3) is 0 Å². The summed E-state index contributed by atoms with van der Waals surface area (Å²) in [5.41, 5.74) is 5.28. The van der Waals surface area contributed by atoms with Crippen molar-refractivity contribution in [3.63, 3.8) is 0 Å². The molecule has 1 aromatic heterocycles. The van der Waals surface area contributed by atoms with Crippen molar-refractivity contribution in [3.8, 4) is 0 Å². The van der Waals surface area contributed by atoms with Crippen LogP contribution >= 0.6 is 0 Å². The second kappa shape index (κ2) is 5.86. The van der Waals surface area contributed by atoms with Gasteiger partial charge in [0.1, 0.15) is 0 Å². The number of pyridine rings is 1. The molecule has 1 N–H and O–H groups in total. The van der Waals surface area contributed by atoms with E-state index in [1.54, 1.807) is 0 Å². The predicted molar refractivity (Wildman–Crippen MR) is 88.0 cm³/mol. The van der Waals surface area contributed by atoms with E-state index < -0.39 is 0 Å². The molecule has 3 heteroatoms. The Morgan fingerprint density at radius 1 is 1.24 bits per heavy atom. The summed E-state index contributed by atoms with van der Waals surface area (Å²) in [4.78, 5) is 6.79. The normalized spacial score (nSPS) is 17.3. The number of nitrogens with one attached hydrogen (secondary N) is 1. The molecule has 0 aliphatic carbocycles. The minimum absolute atomic E-state index is 0.476. The highest BCUT2D eigenvalue weighted by Gasteiger charge is 2.28. The zero-order valence-corrected chi connectivity index (χ0v) is 13.0. The Kier molecular flexibility index (Phi) is 3.93. The lowest BCUT2D eigenvalue weighted by Gasteiger charge is -2.27. The van der Waals surface area contributed by atoms with Crippen LogP contribution in [0.2, 0.25) is 0 Å². The van der Waals surface area contributed by atoms with Gasteiger partial charge in [-0.2, -0.15) is 0 Å². The van der Waals surface area contributed by atoms with Crippen LogP contribution in [0.15, 0.2) is 42.7 Å². The number of aromatic nitrogens is 1. The number of nitrogens with zero attached hydrogens (tertiary/aromatic N) is 2. The van der Waals surface area contributed by atoms with Gasteiger partial charge in [0.2, 0.25) is 0 Å². The van der Waals surface area contributed by atoms with Gasteiger partial charge in [-0.3, -0.25) is 4.98 Å². The molecule has 2 heterocycles. The highest BCUT2D eigenvalue weighted by atomic mass is 15.2. The topological polar surface area (TPSA) is 28.2 Å². The number of benzene rings is 1. The van der Waals surface area contributed by atoms with Crippen LogP contribution in [0.4, 0.5) is 11.4 Å². The number of anilines is 2. The van der Waals surface area contributed by atoms with E-state index in [9.17, 15) is 0 Å². The molecule has 1 aliphatic heterocycles. The van der Waals surface area contributed by atoms with Crippen LogP contribution in [0, 0.1) is 0 Å². The van der Waals surface area contributed by atoms with E-state index in [4.69, 9.17) is 0 Å². The fourth-order valence-electron chi connectivity index (χ4n) is 3.03. The van der Waals surface area contributed by atoms with E-state index in [0.29, 0.717) is 12.1 Å². The summed E-state index contributed by atoms with van der Waals surface area (Å²) in [5.74, 6) is 0. The van der Waals surface area contributed by atoms with Gasteiger partial charge < -0.3 is 10.2 Å². The number of fused-ring (bicyclic) bond motifs is 1. The number of hydrogen-bond donors (Lipinski definition) is 1. The van der Waals surface area contributed by atoms with E-state index in [0.717, 1.165) is 13.0 Å². The van der Waals surface area contributed by atoms with Crippen LogP contribution in [-0.4, -0.2) is 17.1 Å². The van der Waals surface area contributed by atoms with Gasteiger partial charge in [-0.25, -0.2) is 0 Å². The van der Waals surface area contributed by atoms with Gasteiger partial charge in [0.15, 0.2) is 0 Å². The average molecular weight is 281 g/mol. The zero-order chi connectivity index (χ0) is 14.8. The summed E-state index contributed by atoms with van der Waals surface area (Å²) >= 11 is 0. The lowest BCUT2D eigenvalue weighted by molar-refractivity contribution is 0.587. The average Bonchev–Trinajstić information content (AvgIpc) is 2.81. The van der Waals surface area contributed by atoms with Crippen molar-refractivity contribution in [2.24, 2.45) is 0 Å². The van der Waals surface area contributed by atoms with E-state index in [2.05, 4.69) is 66.3 Å². The quantitative estimate of drug-likeness (QED) is 0.927. The lowest BCUT2D eigenvalue weighted by atomic mass is 10.1. The van der Waals surface area contributed by atoms with Crippen molar-refractivity contribution < 1.29 is 0 Å². The van der Waals surface area contributed by atoms with Gasteiger partial charge in [-0.1, -0.05) is 32.0 Å². The van der Waals surface area contributed by atoms with Gasteiger partial charge in [-0.05, 0) is 36.6 Å². The fraction of sp³-hybridized carbons (Fsp3) is 0.389. The number of para-hydroxylation sites is 1. The molecule has 0 saturated heterocycles. The second-order valence-corrected chi connectivity index (χ2v) is 6.09. The maximum Gasteiger partial charge on any atom is 0.0645 e. The first-order valence-electron chi connectivity index (χ1n) is 7.70. The molecule has 0 fully saturated rings. The van der Waals surface area contributed by atoms with Gasteiger partial charge in [0.05, 0.1) is 11.9 Å². The minimum Gasteiger partial charge on any atom is -0.337 e. The summed E-state index contributed by atoms with van der Waals surface area (Å²) in [6, 6.07) is 11.8. The van der Waals surface area contributed by atoms with E-state index >= 15 is 0 Å². The van der Waals surface area contributed by atoms with Crippen LogP contribution < -0.4 is 10.2 Å². The molecule has 21 heavy (non-hydrogen) atoms. The van der Waals surface area contributed by atoms with Crippen molar-refractivity contribution in [2.75, 3.05) is 4.90 Å². The molecular formula is C18H23N3. The monoisotopic (exact) mass is 281 g/mol. The van der Waals surface area contributed by atoms with Crippen LogP contribution in [0.25, 0.3) is 0 Å². The number of rotatable bonds is 4. The predicted octanol–water partition coefficient (Wildman–Crippen LogP) is 3.66. The lowest BCUT2D eigenvalue weighted by Crippen LogP contribution is -2.27. The molecule has 0 bridgehead atoms. The summed E-state index contributed by atoms with van der Waals surface area (Å²) in [5, 5.41) is 3.51. The summed E-state index contributed by atoms with van der Waals surface area (Å²) < 4.78 is 0. The van der Waals surface area contributed by atoms with Crippen molar-refractivity contribution >= 4 is 11.4 Å². The van der Waals surface area contributed by atoms with Crippen LogP contribution in [0.1, 0.15) is 31.9 Å². The molecule has 1 aliphatic rings. The molecule has 110 valence electrons. The molecule has 3 rings (SSSR count). The Morgan fingerprint density at radius 3 is 2.86 bits per heavy atom. The third-order valence-corrected chi connectivity index (χ3v) is 4.06. The van der Waals surface area contributed by atoms with Gasteiger partial charge in [0, 0.05) is 30.5 Å². The van der Waals surface area contributed by atoms with Gasteiger partial charge >= 0.3 is 0 Å². The van der Waals surface area contributed by atoms with Crippen molar-refractivity contribution in [3.05, 3.63) is 53.9 Å². The van der Waals surface area contributed by atoms with E-state index in [1.807, 2.05) is 12.4 Å². The molecule has 3 nitrogen and oxygen atoms in total. The standard InChI is InChI=1S/C18H23N3/c1-13(2)20-11-16-8-9-19-12-18(16)21-14(3)10-15-6-4-5-7-17(15)21/h4-9,12-14,20H,10-11H2,1-3H3. The maximum atomic E-state index is 4.35. The third-order valence-electron chi connectivity index (χ3n) is 4.06. The SMILES string of the molecule is CC(C)NCc1ccncc1N1c2ccccc2CC1C. The first-order valence-corrected chi connectivity index (χ1v) is 7.70. The first-order chi connectivity index (χ1) is 10.2. The fourth-order valence-corrected chi connectivity index (χ4v) is 3.03. The molecule has 0 saturated carbocycles. The zero-order valence-electron chi connectivity index (χ0n) is 13.0. The van der Waals surface area contributed by atoms with Crippen LogP contribution in [0.3, 0.4) is 0 Å².